The van der Waals surface area contributed by atoms with Gasteiger partial charge in [-0.05, 0) is 19.4 Å². The Morgan fingerprint density at radius 1 is 1.28 bits per heavy atom. The fourth-order valence-corrected chi connectivity index (χ4v) is 2.32. The van der Waals surface area contributed by atoms with Crippen LogP contribution < -0.4 is 5.73 Å². The number of thiocarbonyl (C=S) groups is 1. The molecule has 1 aliphatic rings. The molecule has 1 fully saturated rings. The number of hydrogen-bond acceptors (Lipinski definition) is 3. The number of hydrogen-bond donors (Lipinski definition) is 1. The van der Waals surface area contributed by atoms with Gasteiger partial charge in [0.15, 0.2) is 0 Å². The van der Waals surface area contributed by atoms with E-state index >= 15 is 0 Å². The molecular weight excluding hydrogens is 246 g/mol. The van der Waals surface area contributed by atoms with Gasteiger partial charge in [0.25, 0.3) is 0 Å². The van der Waals surface area contributed by atoms with Gasteiger partial charge in [0.2, 0.25) is 5.91 Å². The van der Waals surface area contributed by atoms with Crippen molar-refractivity contribution in [2.24, 2.45) is 5.73 Å². The third kappa shape index (κ3) is 5.78. The summed E-state index contributed by atoms with van der Waals surface area (Å²) in [5.41, 5.74) is 5.50. The molecule has 0 radical (unpaired) electrons. The number of rotatable bonds is 6. The summed E-state index contributed by atoms with van der Waals surface area (Å²) >= 11 is 4.87. The predicted octanol–water partition coefficient (Wildman–Crippen LogP) is 1.39. The lowest BCUT2D eigenvalue weighted by molar-refractivity contribution is -0.132. The first-order valence-electron chi connectivity index (χ1n) is 6.92. The zero-order valence-corrected chi connectivity index (χ0v) is 12.2. The van der Waals surface area contributed by atoms with Crippen LogP contribution in [-0.4, -0.2) is 53.4 Å². The van der Waals surface area contributed by atoms with Crippen LogP contribution in [0.5, 0.6) is 0 Å². The van der Waals surface area contributed by atoms with Gasteiger partial charge >= 0.3 is 0 Å². The second kappa shape index (κ2) is 8.43. The lowest BCUT2D eigenvalue weighted by Crippen LogP contribution is -2.41. The molecule has 0 unspecified atom stereocenters. The van der Waals surface area contributed by atoms with Crippen molar-refractivity contribution in [2.45, 2.75) is 39.0 Å². The van der Waals surface area contributed by atoms with Gasteiger partial charge in [-0.25, -0.2) is 0 Å². The molecule has 0 aromatic carbocycles. The average molecular weight is 271 g/mol. The predicted molar refractivity (Wildman–Crippen MR) is 78.6 cm³/mol. The molecule has 104 valence electrons. The van der Waals surface area contributed by atoms with E-state index in [1.165, 1.54) is 12.8 Å². The first kappa shape index (κ1) is 15.4. The first-order chi connectivity index (χ1) is 8.63. The van der Waals surface area contributed by atoms with E-state index < -0.39 is 0 Å². The Kier molecular flexibility index (Phi) is 7.20. The summed E-state index contributed by atoms with van der Waals surface area (Å²) in [7, 11) is 0. The van der Waals surface area contributed by atoms with Gasteiger partial charge < -0.3 is 10.6 Å². The smallest absolute Gasteiger partial charge is 0.236 e. The summed E-state index contributed by atoms with van der Waals surface area (Å²) in [6.45, 7) is 6.05. The molecule has 5 heteroatoms. The van der Waals surface area contributed by atoms with Crippen LogP contribution in [0.25, 0.3) is 0 Å². The third-order valence-corrected chi connectivity index (χ3v) is 3.64. The van der Waals surface area contributed by atoms with Gasteiger partial charge in [-0.15, -0.1) is 0 Å². The van der Waals surface area contributed by atoms with E-state index in [2.05, 4.69) is 11.8 Å². The standard InChI is InChI=1S/C13H25N3OS/c1-2-15(10-7-12(14)18)11-13(17)16-8-5-3-4-6-9-16/h2-11H2,1H3,(H2,14,18). The molecule has 1 saturated heterocycles. The first-order valence-corrected chi connectivity index (χ1v) is 7.32. The van der Waals surface area contributed by atoms with Gasteiger partial charge in [0.1, 0.15) is 0 Å². The van der Waals surface area contributed by atoms with Crippen LogP contribution in [0, 0.1) is 0 Å². The molecule has 0 aromatic heterocycles. The Morgan fingerprint density at radius 3 is 2.39 bits per heavy atom. The minimum atomic E-state index is 0.252. The van der Waals surface area contributed by atoms with Gasteiger partial charge in [-0.3, -0.25) is 9.69 Å². The SMILES string of the molecule is CCN(CCC(N)=S)CC(=O)N1CCCCCC1. The fourth-order valence-electron chi connectivity index (χ4n) is 2.23. The average Bonchev–Trinajstić information content (AvgIpc) is 2.62. The maximum Gasteiger partial charge on any atom is 0.236 e. The molecule has 4 nitrogen and oxygen atoms in total. The van der Waals surface area contributed by atoms with E-state index in [0.29, 0.717) is 18.0 Å². The van der Waals surface area contributed by atoms with Crippen molar-refractivity contribution in [3.63, 3.8) is 0 Å². The molecular formula is C13H25N3OS. The van der Waals surface area contributed by atoms with Crippen molar-refractivity contribution in [3.8, 4) is 0 Å². The Labute approximate surface area is 115 Å². The van der Waals surface area contributed by atoms with Crippen molar-refractivity contribution >= 4 is 23.1 Å². The quantitative estimate of drug-likeness (QED) is 0.742. The molecule has 0 saturated carbocycles. The number of likely N-dealkylation sites (N-methyl/N-ethyl adjacent to an activating group) is 1. The number of carbonyl (C=O) groups is 1. The van der Waals surface area contributed by atoms with Crippen LogP contribution in [0.3, 0.4) is 0 Å². The van der Waals surface area contributed by atoms with Crippen molar-refractivity contribution in [2.75, 3.05) is 32.7 Å². The Bertz CT molecular complexity index is 275. The van der Waals surface area contributed by atoms with Crippen molar-refractivity contribution in [1.82, 2.24) is 9.80 Å². The van der Waals surface area contributed by atoms with Crippen LogP contribution in [-0.2, 0) is 4.79 Å². The molecule has 0 bridgehead atoms. The third-order valence-electron chi connectivity index (χ3n) is 3.44. The van der Waals surface area contributed by atoms with Crippen LogP contribution in [0.1, 0.15) is 39.0 Å². The van der Waals surface area contributed by atoms with E-state index in [4.69, 9.17) is 18.0 Å². The number of nitrogens with two attached hydrogens (primary N) is 1. The van der Waals surface area contributed by atoms with Gasteiger partial charge in [-0.2, -0.15) is 0 Å². The van der Waals surface area contributed by atoms with Gasteiger partial charge in [-0.1, -0.05) is 32.0 Å². The van der Waals surface area contributed by atoms with E-state index in [0.717, 1.165) is 39.0 Å². The van der Waals surface area contributed by atoms with Gasteiger partial charge in [0.05, 0.1) is 11.5 Å². The highest BCUT2D eigenvalue weighted by atomic mass is 32.1. The minimum Gasteiger partial charge on any atom is -0.393 e. The second-order valence-corrected chi connectivity index (χ2v) is 5.40. The fraction of sp³-hybridized carbons (Fsp3) is 0.846. The van der Waals surface area contributed by atoms with Crippen LogP contribution in [0.2, 0.25) is 0 Å². The van der Waals surface area contributed by atoms with Crippen LogP contribution >= 0.6 is 12.2 Å². The molecule has 2 N–H and O–H groups in total. The number of nitrogens with zero attached hydrogens (tertiary/aromatic N) is 2. The molecule has 1 aliphatic heterocycles. The Balaban J connectivity index is 2.37. The molecule has 18 heavy (non-hydrogen) atoms. The summed E-state index contributed by atoms with van der Waals surface area (Å²) in [6.07, 6.45) is 5.48. The molecule has 0 aliphatic carbocycles. The topological polar surface area (TPSA) is 49.6 Å². The lowest BCUT2D eigenvalue weighted by atomic mass is 10.2. The van der Waals surface area contributed by atoms with E-state index in [1.54, 1.807) is 0 Å². The molecule has 0 aromatic rings. The summed E-state index contributed by atoms with van der Waals surface area (Å²) in [5.74, 6) is 0.252. The maximum atomic E-state index is 12.2. The number of likely N-dealkylation sites (tertiary alicyclic amines) is 1. The summed E-state index contributed by atoms with van der Waals surface area (Å²) in [4.78, 5) is 16.8. The summed E-state index contributed by atoms with van der Waals surface area (Å²) < 4.78 is 0. The van der Waals surface area contributed by atoms with Crippen LogP contribution in [0.4, 0.5) is 0 Å². The minimum absolute atomic E-state index is 0.252. The monoisotopic (exact) mass is 271 g/mol. The van der Waals surface area contributed by atoms with Crippen LogP contribution in [0.15, 0.2) is 0 Å². The number of amides is 1. The van der Waals surface area contributed by atoms with E-state index in [1.807, 2.05) is 4.90 Å². The van der Waals surface area contributed by atoms with Gasteiger partial charge in [0, 0.05) is 26.1 Å². The van der Waals surface area contributed by atoms with Crippen molar-refractivity contribution < 1.29 is 4.79 Å². The van der Waals surface area contributed by atoms with Crippen molar-refractivity contribution in [3.05, 3.63) is 0 Å². The highest BCUT2D eigenvalue weighted by Gasteiger charge is 2.17. The van der Waals surface area contributed by atoms with E-state index in [9.17, 15) is 4.79 Å². The van der Waals surface area contributed by atoms with E-state index in [-0.39, 0.29) is 5.91 Å². The maximum absolute atomic E-state index is 12.2. The molecule has 1 amide bonds. The Hall–Kier alpha value is -0.680. The summed E-state index contributed by atoms with van der Waals surface area (Å²) in [6, 6.07) is 0. The molecule has 1 rings (SSSR count). The zero-order valence-electron chi connectivity index (χ0n) is 11.4. The number of carbonyl (C=O) groups excluding carboxylic acids is 1. The second-order valence-electron chi connectivity index (χ2n) is 4.88. The summed E-state index contributed by atoms with van der Waals surface area (Å²) in [5, 5.41) is 0. The zero-order chi connectivity index (χ0) is 13.4. The van der Waals surface area contributed by atoms with Crippen molar-refractivity contribution in [1.29, 1.82) is 0 Å². The highest BCUT2D eigenvalue weighted by Crippen LogP contribution is 2.10. The molecule has 0 spiro atoms. The molecule has 1 heterocycles. The normalized spacial score (nSPS) is 16.7. The Morgan fingerprint density at radius 2 is 1.89 bits per heavy atom. The lowest BCUT2D eigenvalue weighted by Gasteiger charge is -2.25. The highest BCUT2D eigenvalue weighted by molar-refractivity contribution is 7.80. The molecule has 0 atom stereocenters. The largest absolute Gasteiger partial charge is 0.393 e.